The summed E-state index contributed by atoms with van der Waals surface area (Å²) >= 11 is 1.16. The Morgan fingerprint density at radius 1 is 1.55 bits per heavy atom. The van der Waals surface area contributed by atoms with Crippen molar-refractivity contribution in [3.63, 3.8) is 0 Å². The molecule has 3 N–H and O–H groups in total. The molecule has 0 spiro atoms. The second-order valence-electron chi connectivity index (χ2n) is 5.28. The molecule has 0 radical (unpaired) electrons. The van der Waals surface area contributed by atoms with E-state index in [0.29, 0.717) is 23.9 Å². The Balaban J connectivity index is 0.00000242. The minimum absolute atomic E-state index is 0. The van der Waals surface area contributed by atoms with Gasteiger partial charge in [0.1, 0.15) is 0 Å². The molecule has 2 rings (SSSR count). The minimum Gasteiger partial charge on any atom is -0.333 e. The third kappa shape index (κ3) is 3.80. The molecule has 1 aliphatic rings. The number of nitrogens with zero attached hydrogens (tertiary/aromatic N) is 1. The molecule has 0 aromatic carbocycles. The number of nitrogens with two attached hydrogens (primary N) is 1. The van der Waals surface area contributed by atoms with Crippen LogP contribution in [0.1, 0.15) is 29.4 Å². The van der Waals surface area contributed by atoms with Crippen LogP contribution in [-0.2, 0) is 10.0 Å². The second kappa shape index (κ2) is 7.74. The lowest BCUT2D eigenvalue weighted by atomic mass is 9.90. The topological polar surface area (TPSA) is 92.5 Å². The molecule has 2 atom stereocenters. The number of sulfonamides is 1. The lowest BCUT2D eigenvalue weighted by molar-refractivity contribution is 0.0537. The number of hydrogen-bond acceptors (Lipinski definition) is 5. The predicted octanol–water partition coefficient (Wildman–Crippen LogP) is 1.28. The van der Waals surface area contributed by atoms with Gasteiger partial charge in [0.15, 0.2) is 0 Å². The van der Waals surface area contributed by atoms with Gasteiger partial charge in [0.2, 0.25) is 10.0 Å². The smallest absolute Gasteiger partial charge is 0.264 e. The monoisotopic (exact) mass is 367 g/mol. The molecule has 1 aromatic heterocycles. The Morgan fingerprint density at radius 2 is 2.23 bits per heavy atom. The molecular formula is C13H22ClN3O3S2. The van der Waals surface area contributed by atoms with Crippen LogP contribution in [0.2, 0.25) is 0 Å². The fourth-order valence-electron chi connectivity index (χ4n) is 2.69. The molecule has 22 heavy (non-hydrogen) atoms. The van der Waals surface area contributed by atoms with Gasteiger partial charge in [-0.15, -0.1) is 23.7 Å². The fourth-order valence-corrected chi connectivity index (χ4v) is 4.65. The van der Waals surface area contributed by atoms with Gasteiger partial charge in [-0.25, -0.2) is 13.1 Å². The Labute approximate surface area is 141 Å². The molecule has 2 heterocycles. The van der Waals surface area contributed by atoms with E-state index in [1.54, 1.807) is 4.90 Å². The molecule has 6 nitrogen and oxygen atoms in total. The van der Waals surface area contributed by atoms with Crippen LogP contribution >= 0.6 is 23.7 Å². The molecule has 0 bridgehead atoms. The summed E-state index contributed by atoms with van der Waals surface area (Å²) in [5.74, 6) is 0.243. The van der Waals surface area contributed by atoms with Crippen LogP contribution in [0.5, 0.6) is 0 Å². The maximum Gasteiger partial charge on any atom is 0.264 e. The minimum atomic E-state index is -3.51. The lowest BCUT2D eigenvalue weighted by Crippen LogP contribution is -2.51. The first-order chi connectivity index (χ1) is 9.90. The van der Waals surface area contributed by atoms with Gasteiger partial charge < -0.3 is 10.6 Å². The maximum absolute atomic E-state index is 12.6. The zero-order chi connectivity index (χ0) is 15.6. The zero-order valence-electron chi connectivity index (χ0n) is 12.6. The molecule has 1 amide bonds. The van der Waals surface area contributed by atoms with Crippen molar-refractivity contribution in [2.24, 2.45) is 11.7 Å². The summed E-state index contributed by atoms with van der Waals surface area (Å²) in [5.41, 5.74) is 5.80. The summed E-state index contributed by atoms with van der Waals surface area (Å²) in [5, 5.41) is 1.49. The number of halogens is 1. The van der Waals surface area contributed by atoms with E-state index in [0.717, 1.165) is 24.2 Å². The normalized spacial score (nSPS) is 22.2. The summed E-state index contributed by atoms with van der Waals surface area (Å²) in [6.07, 6.45) is 2.02. The van der Waals surface area contributed by atoms with Crippen LogP contribution in [0.25, 0.3) is 0 Å². The third-order valence-electron chi connectivity index (χ3n) is 3.98. The van der Waals surface area contributed by atoms with Gasteiger partial charge in [-0.05, 0) is 31.9 Å². The van der Waals surface area contributed by atoms with E-state index in [1.807, 2.05) is 0 Å². The van der Waals surface area contributed by atoms with Crippen molar-refractivity contribution in [1.29, 1.82) is 0 Å². The molecule has 1 saturated heterocycles. The first kappa shape index (κ1) is 19.4. The van der Waals surface area contributed by atoms with Gasteiger partial charge in [0.25, 0.3) is 5.91 Å². The number of hydrogen-bond donors (Lipinski definition) is 2. The summed E-state index contributed by atoms with van der Waals surface area (Å²) < 4.78 is 25.7. The number of nitrogens with one attached hydrogen (secondary N) is 1. The van der Waals surface area contributed by atoms with Crippen LogP contribution in [0.15, 0.2) is 16.3 Å². The first-order valence-corrected chi connectivity index (χ1v) is 9.30. The van der Waals surface area contributed by atoms with E-state index < -0.39 is 10.0 Å². The molecule has 1 aromatic rings. The number of carbonyl (C=O) groups is 1. The highest BCUT2D eigenvalue weighted by molar-refractivity contribution is 7.89. The number of thiophene rings is 1. The van der Waals surface area contributed by atoms with Crippen molar-refractivity contribution in [3.05, 3.63) is 16.3 Å². The molecule has 1 aliphatic heterocycles. The number of carbonyl (C=O) groups excluding carboxylic acids is 1. The van der Waals surface area contributed by atoms with Gasteiger partial charge >= 0.3 is 0 Å². The first-order valence-electron chi connectivity index (χ1n) is 6.94. The van der Waals surface area contributed by atoms with E-state index in [9.17, 15) is 13.2 Å². The summed E-state index contributed by atoms with van der Waals surface area (Å²) in [6, 6.07) is 1.46. The quantitative estimate of drug-likeness (QED) is 0.838. The molecular weight excluding hydrogens is 346 g/mol. The summed E-state index contributed by atoms with van der Waals surface area (Å²) in [6.45, 7) is 3.21. The fraction of sp³-hybridized carbons (Fsp3) is 0.615. The zero-order valence-corrected chi connectivity index (χ0v) is 15.1. The summed E-state index contributed by atoms with van der Waals surface area (Å²) in [4.78, 5) is 15.0. The van der Waals surface area contributed by atoms with E-state index in [4.69, 9.17) is 5.73 Å². The van der Waals surface area contributed by atoms with Crippen molar-refractivity contribution in [1.82, 2.24) is 9.62 Å². The number of piperidine rings is 1. The van der Waals surface area contributed by atoms with Crippen LogP contribution < -0.4 is 10.5 Å². The molecule has 0 saturated carbocycles. The van der Waals surface area contributed by atoms with Gasteiger partial charge in [-0.3, -0.25) is 4.79 Å². The number of amides is 1. The van der Waals surface area contributed by atoms with E-state index >= 15 is 0 Å². The highest BCUT2D eigenvalue weighted by Crippen LogP contribution is 2.27. The average Bonchev–Trinajstić information content (AvgIpc) is 2.96. The highest BCUT2D eigenvalue weighted by atomic mass is 35.5. The van der Waals surface area contributed by atoms with Gasteiger partial charge in [0, 0.05) is 24.5 Å². The van der Waals surface area contributed by atoms with Crippen LogP contribution in [0.4, 0.5) is 0 Å². The van der Waals surface area contributed by atoms with Crippen molar-refractivity contribution in [2.75, 3.05) is 20.1 Å². The van der Waals surface area contributed by atoms with E-state index in [2.05, 4.69) is 11.6 Å². The Hall–Kier alpha value is -0.670. The van der Waals surface area contributed by atoms with E-state index in [1.165, 1.54) is 18.5 Å². The molecule has 0 aliphatic carbocycles. The van der Waals surface area contributed by atoms with Gasteiger partial charge in [0.05, 0.1) is 9.77 Å². The molecule has 2 unspecified atom stereocenters. The van der Waals surface area contributed by atoms with Crippen molar-refractivity contribution < 1.29 is 13.2 Å². The standard InChI is InChI=1S/C13H21N3O3S2.ClH/c1-9-4-3-5-16(11(9)7-14)13(17)12-6-10(8-20-12)21(18,19)15-2;/h6,8-9,11,15H,3-5,7,14H2,1-2H3;1H. The average molecular weight is 368 g/mol. The highest BCUT2D eigenvalue weighted by Gasteiger charge is 2.32. The maximum atomic E-state index is 12.6. The van der Waals surface area contributed by atoms with Crippen LogP contribution in [0, 0.1) is 5.92 Å². The lowest BCUT2D eigenvalue weighted by Gasteiger charge is -2.39. The third-order valence-corrected chi connectivity index (χ3v) is 6.44. The Bertz CT molecular complexity index is 618. The Morgan fingerprint density at radius 3 is 2.82 bits per heavy atom. The van der Waals surface area contributed by atoms with E-state index in [-0.39, 0.29) is 29.3 Å². The SMILES string of the molecule is CNS(=O)(=O)c1csc(C(=O)N2CCCC(C)C2CN)c1.Cl. The predicted molar refractivity (Wildman–Crippen MR) is 90.1 cm³/mol. The largest absolute Gasteiger partial charge is 0.333 e. The van der Waals surface area contributed by atoms with Crippen molar-refractivity contribution >= 4 is 39.7 Å². The molecule has 9 heteroatoms. The van der Waals surface area contributed by atoms with Crippen molar-refractivity contribution in [2.45, 2.75) is 30.7 Å². The Kier molecular flexibility index (Phi) is 6.82. The molecule has 126 valence electrons. The number of rotatable bonds is 4. The molecule has 1 fully saturated rings. The summed E-state index contributed by atoms with van der Waals surface area (Å²) in [7, 11) is -2.15. The van der Waals surface area contributed by atoms with Crippen LogP contribution in [0.3, 0.4) is 0 Å². The van der Waals surface area contributed by atoms with Gasteiger partial charge in [-0.1, -0.05) is 6.92 Å². The second-order valence-corrected chi connectivity index (χ2v) is 8.07. The van der Waals surface area contributed by atoms with Crippen molar-refractivity contribution in [3.8, 4) is 0 Å². The van der Waals surface area contributed by atoms with Gasteiger partial charge in [-0.2, -0.15) is 0 Å². The van der Waals surface area contributed by atoms with Crippen LogP contribution in [-0.4, -0.2) is 45.4 Å². The number of likely N-dealkylation sites (tertiary alicyclic amines) is 1.